The zero-order valence-electron chi connectivity index (χ0n) is 8.81. The van der Waals surface area contributed by atoms with E-state index in [0.717, 1.165) is 12.8 Å². The summed E-state index contributed by atoms with van der Waals surface area (Å²) in [6, 6.07) is 0. The van der Waals surface area contributed by atoms with Crippen molar-refractivity contribution in [3.8, 4) is 12.3 Å². The summed E-state index contributed by atoms with van der Waals surface area (Å²) in [5, 5.41) is 6.11. The highest BCUT2D eigenvalue weighted by Crippen LogP contribution is 2.29. The van der Waals surface area contributed by atoms with Crippen molar-refractivity contribution < 1.29 is 4.79 Å². The summed E-state index contributed by atoms with van der Waals surface area (Å²) in [5.74, 6) is 3.02. The van der Waals surface area contributed by atoms with Crippen LogP contribution in [0.1, 0.15) is 23.5 Å². The van der Waals surface area contributed by atoms with Gasteiger partial charge in [-0.1, -0.05) is 5.92 Å². The van der Waals surface area contributed by atoms with E-state index < -0.39 is 0 Å². The molecule has 0 unspecified atom stereocenters. The molecule has 0 saturated heterocycles. The number of nitrogen functional groups attached to an aromatic ring is 1. The van der Waals surface area contributed by atoms with Gasteiger partial charge in [0.05, 0.1) is 6.54 Å². The molecule has 6 nitrogen and oxygen atoms in total. The summed E-state index contributed by atoms with van der Waals surface area (Å²) in [6.07, 6.45) is 7.55. The Morgan fingerprint density at radius 1 is 1.69 bits per heavy atom. The minimum absolute atomic E-state index is 0.0652. The molecule has 1 fully saturated rings. The van der Waals surface area contributed by atoms with Crippen LogP contribution in [0.2, 0.25) is 0 Å². The van der Waals surface area contributed by atoms with E-state index in [1.165, 1.54) is 0 Å². The first-order valence-electron chi connectivity index (χ1n) is 5.11. The van der Waals surface area contributed by atoms with Crippen molar-refractivity contribution in [3.63, 3.8) is 0 Å². The van der Waals surface area contributed by atoms with E-state index in [2.05, 4.69) is 21.1 Å². The van der Waals surface area contributed by atoms with Crippen LogP contribution in [-0.2, 0) is 0 Å². The molecule has 1 aliphatic rings. The average molecular weight is 219 g/mol. The standard InChI is InChI=1S/C10H13N5O/c1-2-5-15(6-7-3-4-7)9(16)8-12-10(11)14-13-8/h1,7H,3-6H2,(H3,11,12,13,14). The molecule has 1 aromatic heterocycles. The maximum Gasteiger partial charge on any atom is 0.292 e. The largest absolute Gasteiger partial charge is 0.366 e. The number of rotatable bonds is 4. The van der Waals surface area contributed by atoms with Gasteiger partial charge in [-0.3, -0.25) is 9.89 Å². The lowest BCUT2D eigenvalue weighted by Crippen LogP contribution is -2.34. The molecular formula is C10H13N5O. The maximum absolute atomic E-state index is 12.0. The molecule has 16 heavy (non-hydrogen) atoms. The molecular weight excluding hydrogens is 206 g/mol. The van der Waals surface area contributed by atoms with E-state index in [-0.39, 0.29) is 24.2 Å². The second-order valence-electron chi connectivity index (χ2n) is 3.88. The lowest BCUT2D eigenvalue weighted by Gasteiger charge is -2.18. The van der Waals surface area contributed by atoms with Gasteiger partial charge in [0.25, 0.3) is 5.91 Å². The zero-order valence-corrected chi connectivity index (χ0v) is 8.81. The fourth-order valence-electron chi connectivity index (χ4n) is 1.46. The van der Waals surface area contributed by atoms with Gasteiger partial charge in [-0.25, -0.2) is 0 Å². The smallest absolute Gasteiger partial charge is 0.292 e. The predicted octanol–water partition coefficient (Wildman–Crippen LogP) is -0.128. The van der Waals surface area contributed by atoms with Gasteiger partial charge in [0.15, 0.2) is 0 Å². The normalized spacial score (nSPS) is 14.4. The Morgan fingerprint density at radius 3 is 2.94 bits per heavy atom. The van der Waals surface area contributed by atoms with Crippen molar-refractivity contribution in [1.29, 1.82) is 0 Å². The van der Waals surface area contributed by atoms with Crippen molar-refractivity contribution in [2.24, 2.45) is 5.92 Å². The molecule has 84 valence electrons. The fraction of sp³-hybridized carbons (Fsp3) is 0.500. The van der Waals surface area contributed by atoms with Crippen LogP contribution >= 0.6 is 0 Å². The van der Waals surface area contributed by atoms with Crippen LogP contribution in [0.25, 0.3) is 0 Å². The summed E-state index contributed by atoms with van der Waals surface area (Å²) in [4.78, 5) is 17.3. The molecule has 2 rings (SSSR count). The molecule has 0 aliphatic heterocycles. The molecule has 0 spiro atoms. The van der Waals surface area contributed by atoms with Crippen LogP contribution in [0.4, 0.5) is 5.95 Å². The number of H-pyrrole nitrogens is 1. The van der Waals surface area contributed by atoms with Crippen molar-refractivity contribution in [1.82, 2.24) is 20.1 Å². The van der Waals surface area contributed by atoms with E-state index in [9.17, 15) is 4.79 Å². The van der Waals surface area contributed by atoms with Crippen LogP contribution in [-0.4, -0.2) is 39.1 Å². The Balaban J connectivity index is 2.06. The number of nitrogens with one attached hydrogen (secondary N) is 1. The van der Waals surface area contributed by atoms with Crippen LogP contribution < -0.4 is 5.73 Å². The highest BCUT2D eigenvalue weighted by molar-refractivity contribution is 5.90. The van der Waals surface area contributed by atoms with Crippen molar-refractivity contribution in [2.45, 2.75) is 12.8 Å². The lowest BCUT2D eigenvalue weighted by atomic mass is 10.3. The first-order valence-corrected chi connectivity index (χ1v) is 5.11. The van der Waals surface area contributed by atoms with E-state index >= 15 is 0 Å². The number of aromatic amines is 1. The number of anilines is 1. The zero-order chi connectivity index (χ0) is 11.5. The van der Waals surface area contributed by atoms with E-state index in [4.69, 9.17) is 12.2 Å². The number of carbonyl (C=O) groups is 1. The van der Waals surface area contributed by atoms with Gasteiger partial charge in [0.1, 0.15) is 0 Å². The van der Waals surface area contributed by atoms with E-state index in [1.54, 1.807) is 4.90 Å². The quantitative estimate of drug-likeness (QED) is 0.690. The molecule has 6 heteroatoms. The predicted molar refractivity (Wildman–Crippen MR) is 58.3 cm³/mol. The van der Waals surface area contributed by atoms with Crippen molar-refractivity contribution >= 4 is 11.9 Å². The Labute approximate surface area is 93.2 Å². The summed E-state index contributed by atoms with van der Waals surface area (Å²) >= 11 is 0. The summed E-state index contributed by atoms with van der Waals surface area (Å²) in [6.45, 7) is 0.972. The minimum atomic E-state index is -0.242. The van der Waals surface area contributed by atoms with Crippen LogP contribution in [0.15, 0.2) is 0 Å². The monoisotopic (exact) mass is 219 g/mol. The molecule has 1 aliphatic carbocycles. The first-order chi connectivity index (χ1) is 7.70. The number of carbonyl (C=O) groups excluding carboxylic acids is 1. The number of terminal acetylenes is 1. The number of hydrogen-bond donors (Lipinski definition) is 2. The molecule has 0 bridgehead atoms. The molecule has 0 aromatic carbocycles. The number of nitrogens with two attached hydrogens (primary N) is 1. The summed E-state index contributed by atoms with van der Waals surface area (Å²) in [7, 11) is 0. The lowest BCUT2D eigenvalue weighted by molar-refractivity contribution is 0.0758. The van der Waals surface area contributed by atoms with Crippen LogP contribution in [0, 0.1) is 18.3 Å². The molecule has 0 radical (unpaired) electrons. The number of nitrogens with zero attached hydrogens (tertiary/aromatic N) is 3. The second-order valence-corrected chi connectivity index (χ2v) is 3.88. The minimum Gasteiger partial charge on any atom is -0.366 e. The fourth-order valence-corrected chi connectivity index (χ4v) is 1.46. The van der Waals surface area contributed by atoms with Gasteiger partial charge >= 0.3 is 0 Å². The Hall–Kier alpha value is -2.03. The maximum atomic E-state index is 12.0. The number of aromatic nitrogens is 3. The molecule has 1 aromatic rings. The van der Waals surface area contributed by atoms with Gasteiger partial charge in [-0.15, -0.1) is 11.5 Å². The van der Waals surface area contributed by atoms with Gasteiger partial charge < -0.3 is 10.6 Å². The molecule has 0 atom stereocenters. The third kappa shape index (κ3) is 2.31. The SMILES string of the molecule is C#CCN(CC1CC1)C(=O)c1nc(N)n[nH]1. The van der Waals surface area contributed by atoms with Gasteiger partial charge in [0, 0.05) is 6.54 Å². The topological polar surface area (TPSA) is 87.9 Å². The summed E-state index contributed by atoms with van der Waals surface area (Å²) in [5.41, 5.74) is 5.34. The Kier molecular flexibility index (Phi) is 2.77. The molecule has 3 N–H and O–H groups in total. The third-order valence-electron chi connectivity index (χ3n) is 2.45. The summed E-state index contributed by atoms with van der Waals surface area (Å²) < 4.78 is 0. The van der Waals surface area contributed by atoms with Crippen molar-refractivity contribution in [2.75, 3.05) is 18.8 Å². The second kappa shape index (κ2) is 4.23. The number of hydrogen-bond acceptors (Lipinski definition) is 4. The van der Waals surface area contributed by atoms with Crippen molar-refractivity contribution in [3.05, 3.63) is 5.82 Å². The molecule has 1 heterocycles. The third-order valence-corrected chi connectivity index (χ3v) is 2.45. The average Bonchev–Trinajstić information content (AvgIpc) is 2.97. The van der Waals surface area contributed by atoms with Gasteiger partial charge in [0.2, 0.25) is 11.8 Å². The number of amides is 1. The van der Waals surface area contributed by atoms with Crippen LogP contribution in [0.5, 0.6) is 0 Å². The van der Waals surface area contributed by atoms with Crippen LogP contribution in [0.3, 0.4) is 0 Å². The van der Waals surface area contributed by atoms with E-state index in [1.807, 2.05) is 0 Å². The first kappa shape index (κ1) is 10.5. The van der Waals surface area contributed by atoms with Gasteiger partial charge in [-0.05, 0) is 18.8 Å². The highest BCUT2D eigenvalue weighted by atomic mass is 16.2. The van der Waals surface area contributed by atoms with Gasteiger partial charge in [-0.2, -0.15) is 4.98 Å². The Morgan fingerprint density at radius 2 is 2.44 bits per heavy atom. The highest BCUT2D eigenvalue weighted by Gasteiger charge is 2.28. The molecule has 1 saturated carbocycles. The van der Waals surface area contributed by atoms with E-state index in [0.29, 0.717) is 12.5 Å². The molecule has 1 amide bonds. The Bertz CT molecular complexity index is 429.